The van der Waals surface area contributed by atoms with Crippen molar-refractivity contribution in [2.24, 2.45) is 0 Å². The average Bonchev–Trinajstić information content (AvgIpc) is 2.99. The summed E-state index contributed by atoms with van der Waals surface area (Å²) in [6.07, 6.45) is 2.87. The number of ether oxygens (including phenoxy) is 1. The molecule has 2 aliphatic rings. The van der Waals surface area contributed by atoms with E-state index in [1.807, 2.05) is 18.2 Å². The third-order valence-corrected chi connectivity index (χ3v) is 6.43. The van der Waals surface area contributed by atoms with E-state index >= 15 is 0 Å². The van der Waals surface area contributed by atoms with Gasteiger partial charge in [-0.15, -0.1) is 0 Å². The number of hydrogen-bond donors (Lipinski definition) is 1. The molecule has 0 aromatic heterocycles. The summed E-state index contributed by atoms with van der Waals surface area (Å²) in [4.78, 5) is 29.1. The van der Waals surface area contributed by atoms with Crippen LogP contribution in [0.25, 0.3) is 6.08 Å². The molecule has 9 heteroatoms. The summed E-state index contributed by atoms with van der Waals surface area (Å²) in [6, 6.07) is 7.32. The van der Waals surface area contributed by atoms with Crippen molar-refractivity contribution in [3.05, 3.63) is 39.8 Å². The van der Waals surface area contributed by atoms with Gasteiger partial charge in [0.05, 0.1) is 18.1 Å². The summed E-state index contributed by atoms with van der Waals surface area (Å²) in [6.45, 7) is 5.31. The van der Waals surface area contributed by atoms with Gasteiger partial charge in [0.1, 0.15) is 4.32 Å². The molecule has 2 amide bonds. The van der Waals surface area contributed by atoms with Crippen molar-refractivity contribution in [1.29, 1.82) is 0 Å². The fourth-order valence-electron chi connectivity index (χ4n) is 3.08. The van der Waals surface area contributed by atoms with E-state index in [-0.39, 0.29) is 24.8 Å². The number of thioether (sulfide) groups is 1. The molecule has 0 radical (unpaired) electrons. The zero-order valence-corrected chi connectivity index (χ0v) is 18.5. The smallest absolute Gasteiger partial charge is 0.266 e. The van der Waals surface area contributed by atoms with E-state index in [1.165, 1.54) is 16.7 Å². The van der Waals surface area contributed by atoms with Crippen LogP contribution in [0.1, 0.15) is 18.4 Å². The van der Waals surface area contributed by atoms with Crippen molar-refractivity contribution in [1.82, 2.24) is 15.1 Å². The molecule has 29 heavy (non-hydrogen) atoms. The van der Waals surface area contributed by atoms with Gasteiger partial charge in [-0.3, -0.25) is 19.4 Å². The van der Waals surface area contributed by atoms with Gasteiger partial charge in [-0.25, -0.2) is 0 Å². The molecular weight excluding hydrogens is 430 g/mol. The molecule has 2 fully saturated rings. The van der Waals surface area contributed by atoms with E-state index in [4.69, 9.17) is 28.6 Å². The maximum atomic E-state index is 12.6. The third kappa shape index (κ3) is 6.52. The van der Waals surface area contributed by atoms with Crippen LogP contribution in [0.5, 0.6) is 0 Å². The average molecular weight is 454 g/mol. The van der Waals surface area contributed by atoms with Crippen LogP contribution in [0.4, 0.5) is 0 Å². The number of thiocarbonyl (C=S) groups is 1. The molecule has 0 bridgehead atoms. The van der Waals surface area contributed by atoms with Crippen molar-refractivity contribution in [3.63, 3.8) is 0 Å². The van der Waals surface area contributed by atoms with Crippen molar-refractivity contribution in [2.75, 3.05) is 45.9 Å². The molecule has 3 rings (SSSR count). The zero-order valence-electron chi connectivity index (χ0n) is 16.1. The Labute approximate surface area is 185 Å². The topological polar surface area (TPSA) is 61.9 Å². The fourth-order valence-corrected chi connectivity index (χ4v) is 4.57. The van der Waals surface area contributed by atoms with E-state index in [9.17, 15) is 9.59 Å². The number of hydrogen-bond acceptors (Lipinski definition) is 6. The van der Waals surface area contributed by atoms with Gasteiger partial charge in [-0.05, 0) is 30.7 Å². The lowest BCUT2D eigenvalue weighted by atomic mass is 10.2. The minimum Gasteiger partial charge on any atom is -0.379 e. The highest BCUT2D eigenvalue weighted by Crippen LogP contribution is 2.33. The van der Waals surface area contributed by atoms with Gasteiger partial charge in [0.15, 0.2) is 0 Å². The Bertz CT molecular complexity index is 797. The van der Waals surface area contributed by atoms with Gasteiger partial charge >= 0.3 is 0 Å². The Morgan fingerprint density at radius 2 is 2.03 bits per heavy atom. The van der Waals surface area contributed by atoms with E-state index in [1.54, 1.807) is 12.1 Å². The molecule has 2 saturated heterocycles. The second kappa shape index (κ2) is 11.1. The number of carbonyl (C=O) groups excluding carboxylic acids is 2. The normalized spacial score (nSPS) is 19.2. The van der Waals surface area contributed by atoms with Gasteiger partial charge in [-0.1, -0.05) is 53.8 Å². The SMILES string of the molecule is O=C(CCN1C(=O)/C(=C/c2ccccc2Cl)SC1=S)NCCCN1CCOCC1. The number of halogens is 1. The van der Waals surface area contributed by atoms with Crippen LogP contribution in [-0.4, -0.2) is 71.9 Å². The zero-order chi connectivity index (χ0) is 20.6. The van der Waals surface area contributed by atoms with Gasteiger partial charge in [0.25, 0.3) is 5.91 Å². The molecule has 0 aliphatic carbocycles. The van der Waals surface area contributed by atoms with Gasteiger partial charge < -0.3 is 10.1 Å². The standard InChI is InChI=1S/C20H24ClN3O3S2/c21-16-5-2-1-4-15(16)14-17-19(26)24(20(28)29-17)9-6-18(25)22-7-3-8-23-10-12-27-13-11-23/h1-2,4-5,14H,3,6-13H2,(H,22,25)/b17-14-. The summed E-state index contributed by atoms with van der Waals surface area (Å²) >= 11 is 12.7. The van der Waals surface area contributed by atoms with Crippen LogP contribution < -0.4 is 5.32 Å². The quantitative estimate of drug-likeness (QED) is 0.371. The molecule has 156 valence electrons. The molecule has 2 aliphatic heterocycles. The minimum absolute atomic E-state index is 0.0730. The largest absolute Gasteiger partial charge is 0.379 e. The van der Waals surface area contributed by atoms with Gasteiger partial charge in [-0.2, -0.15) is 0 Å². The predicted octanol–water partition coefficient (Wildman–Crippen LogP) is 2.77. The maximum Gasteiger partial charge on any atom is 0.266 e. The Hall–Kier alpha value is -1.45. The first-order chi connectivity index (χ1) is 14.0. The van der Waals surface area contributed by atoms with Crippen LogP contribution in [0.3, 0.4) is 0 Å². The molecule has 6 nitrogen and oxygen atoms in total. The van der Waals surface area contributed by atoms with Crippen LogP contribution in [0.15, 0.2) is 29.2 Å². The summed E-state index contributed by atoms with van der Waals surface area (Å²) in [7, 11) is 0. The Kier molecular flexibility index (Phi) is 8.50. The molecule has 1 aromatic rings. The van der Waals surface area contributed by atoms with Crippen LogP contribution >= 0.6 is 35.6 Å². The number of carbonyl (C=O) groups is 2. The maximum absolute atomic E-state index is 12.6. The van der Waals surface area contributed by atoms with Gasteiger partial charge in [0.2, 0.25) is 5.91 Å². The molecule has 1 aromatic carbocycles. The predicted molar refractivity (Wildman–Crippen MR) is 121 cm³/mol. The van der Waals surface area contributed by atoms with Crippen molar-refractivity contribution < 1.29 is 14.3 Å². The summed E-state index contributed by atoms with van der Waals surface area (Å²) in [5, 5.41) is 3.50. The molecular formula is C20H24ClN3O3S2. The van der Waals surface area contributed by atoms with Gasteiger partial charge in [0, 0.05) is 37.6 Å². The fraction of sp³-hybridized carbons (Fsp3) is 0.450. The molecule has 0 spiro atoms. The summed E-state index contributed by atoms with van der Waals surface area (Å²) < 4.78 is 5.79. The minimum atomic E-state index is -0.181. The Morgan fingerprint density at radius 3 is 2.79 bits per heavy atom. The van der Waals surface area contributed by atoms with E-state index in [0.717, 1.165) is 44.8 Å². The highest BCUT2D eigenvalue weighted by Gasteiger charge is 2.32. The number of nitrogens with one attached hydrogen (secondary N) is 1. The van der Waals surface area contributed by atoms with Crippen molar-refractivity contribution in [3.8, 4) is 0 Å². The van der Waals surface area contributed by atoms with Crippen LogP contribution in [0.2, 0.25) is 5.02 Å². The molecule has 0 atom stereocenters. The summed E-state index contributed by atoms with van der Waals surface area (Å²) in [5.41, 5.74) is 0.771. The van der Waals surface area contributed by atoms with E-state index in [0.29, 0.717) is 20.8 Å². The lowest BCUT2D eigenvalue weighted by Gasteiger charge is -2.26. The highest BCUT2D eigenvalue weighted by molar-refractivity contribution is 8.26. The monoisotopic (exact) mass is 453 g/mol. The molecule has 0 unspecified atom stereocenters. The van der Waals surface area contributed by atoms with Crippen LogP contribution in [0, 0.1) is 0 Å². The number of rotatable bonds is 8. The van der Waals surface area contributed by atoms with Crippen molar-refractivity contribution >= 4 is 57.8 Å². The first kappa shape index (κ1) is 22.2. The Balaban J connectivity index is 1.41. The lowest BCUT2D eigenvalue weighted by Crippen LogP contribution is -2.38. The second-order valence-electron chi connectivity index (χ2n) is 6.76. The third-order valence-electron chi connectivity index (χ3n) is 4.70. The van der Waals surface area contributed by atoms with Crippen LogP contribution in [-0.2, 0) is 14.3 Å². The molecule has 0 saturated carbocycles. The molecule has 2 heterocycles. The number of morpholine rings is 1. The second-order valence-corrected chi connectivity index (χ2v) is 8.85. The summed E-state index contributed by atoms with van der Waals surface area (Å²) in [5.74, 6) is -0.254. The highest BCUT2D eigenvalue weighted by atomic mass is 35.5. The number of nitrogens with zero attached hydrogens (tertiary/aromatic N) is 2. The number of amides is 2. The Morgan fingerprint density at radius 1 is 1.28 bits per heavy atom. The molecule has 1 N–H and O–H groups in total. The first-order valence-corrected chi connectivity index (χ1v) is 11.2. The van der Waals surface area contributed by atoms with E-state index in [2.05, 4.69) is 10.2 Å². The number of benzene rings is 1. The first-order valence-electron chi connectivity index (χ1n) is 9.61. The van der Waals surface area contributed by atoms with E-state index < -0.39 is 0 Å². The lowest BCUT2D eigenvalue weighted by molar-refractivity contribution is -0.123. The van der Waals surface area contributed by atoms with Crippen molar-refractivity contribution in [2.45, 2.75) is 12.8 Å².